The highest BCUT2D eigenvalue weighted by Gasteiger charge is 2.28. The van der Waals surface area contributed by atoms with Gasteiger partial charge < -0.3 is 9.88 Å². The Kier molecular flexibility index (Phi) is 2.07. The number of hydrogen-bond donors (Lipinski definition) is 1. The van der Waals surface area contributed by atoms with Gasteiger partial charge in [-0.1, -0.05) is 0 Å². The zero-order chi connectivity index (χ0) is 10.1. The maximum absolute atomic E-state index is 11.3. The molecule has 2 heterocycles. The molecule has 1 N–H and O–H groups in total. The number of carbonyl (C=O) groups is 1. The summed E-state index contributed by atoms with van der Waals surface area (Å²) >= 11 is 0. The van der Waals surface area contributed by atoms with Gasteiger partial charge in [-0.25, -0.2) is 4.98 Å². The molecule has 1 aromatic heterocycles. The summed E-state index contributed by atoms with van der Waals surface area (Å²) in [6, 6.07) is 1.46. The summed E-state index contributed by atoms with van der Waals surface area (Å²) in [5, 5.41) is 0. The summed E-state index contributed by atoms with van der Waals surface area (Å²) in [7, 11) is 1.76. The number of H-pyrrole nitrogens is 1. The van der Waals surface area contributed by atoms with Crippen molar-refractivity contribution >= 4 is 5.91 Å². The van der Waals surface area contributed by atoms with E-state index in [-0.39, 0.29) is 17.4 Å². The molecule has 1 saturated heterocycles. The van der Waals surface area contributed by atoms with Gasteiger partial charge in [-0.05, 0) is 0 Å². The van der Waals surface area contributed by atoms with E-state index < -0.39 is 0 Å². The predicted octanol–water partition coefficient (Wildman–Crippen LogP) is -0.284. The zero-order valence-electron chi connectivity index (χ0n) is 7.86. The van der Waals surface area contributed by atoms with Gasteiger partial charge >= 0.3 is 0 Å². The number of likely N-dealkylation sites (tertiary alicyclic amines) is 1. The monoisotopic (exact) mass is 193 g/mol. The van der Waals surface area contributed by atoms with Crippen molar-refractivity contribution in [1.29, 1.82) is 0 Å². The van der Waals surface area contributed by atoms with Crippen LogP contribution in [-0.4, -0.2) is 34.4 Å². The molecule has 5 heteroatoms. The van der Waals surface area contributed by atoms with Crippen molar-refractivity contribution < 1.29 is 4.79 Å². The average Bonchev–Trinajstić information content (AvgIpc) is 2.47. The lowest BCUT2D eigenvalue weighted by Crippen LogP contribution is -2.19. The quantitative estimate of drug-likeness (QED) is 0.666. The van der Waals surface area contributed by atoms with Crippen molar-refractivity contribution in [2.45, 2.75) is 12.3 Å². The Labute approximate surface area is 80.8 Å². The average molecular weight is 193 g/mol. The fourth-order valence-electron chi connectivity index (χ4n) is 1.67. The van der Waals surface area contributed by atoms with Crippen molar-refractivity contribution in [3.63, 3.8) is 0 Å². The van der Waals surface area contributed by atoms with E-state index in [1.54, 1.807) is 11.9 Å². The van der Waals surface area contributed by atoms with E-state index in [4.69, 9.17) is 0 Å². The van der Waals surface area contributed by atoms with Crippen molar-refractivity contribution in [1.82, 2.24) is 14.9 Å². The van der Waals surface area contributed by atoms with Crippen LogP contribution in [0.1, 0.15) is 18.0 Å². The minimum Gasteiger partial charge on any atom is -0.345 e. The minimum atomic E-state index is -0.169. The Hall–Kier alpha value is -1.65. The number of carbonyl (C=O) groups excluding carboxylic acids is 1. The molecule has 5 nitrogen and oxygen atoms in total. The Balaban J connectivity index is 2.25. The van der Waals surface area contributed by atoms with Gasteiger partial charge in [-0.3, -0.25) is 9.59 Å². The van der Waals surface area contributed by atoms with Gasteiger partial charge in [0.15, 0.2) is 0 Å². The van der Waals surface area contributed by atoms with Crippen LogP contribution in [0.2, 0.25) is 0 Å². The molecule has 2 rings (SSSR count). The van der Waals surface area contributed by atoms with Gasteiger partial charge in [0.1, 0.15) is 0 Å². The van der Waals surface area contributed by atoms with E-state index >= 15 is 0 Å². The van der Waals surface area contributed by atoms with E-state index in [0.29, 0.717) is 18.7 Å². The first-order valence-electron chi connectivity index (χ1n) is 4.45. The molecule has 1 atom stereocenters. The summed E-state index contributed by atoms with van der Waals surface area (Å²) in [4.78, 5) is 30.4. The van der Waals surface area contributed by atoms with Gasteiger partial charge in [0.2, 0.25) is 5.91 Å². The second-order valence-corrected chi connectivity index (χ2v) is 3.51. The largest absolute Gasteiger partial charge is 0.345 e. The second kappa shape index (κ2) is 3.25. The highest BCUT2D eigenvalue weighted by Crippen LogP contribution is 2.24. The van der Waals surface area contributed by atoms with Crippen LogP contribution in [0, 0.1) is 0 Å². The Bertz CT molecular complexity index is 413. The van der Waals surface area contributed by atoms with Crippen LogP contribution in [0.25, 0.3) is 0 Å². The molecular weight excluding hydrogens is 182 g/mol. The van der Waals surface area contributed by atoms with Crippen LogP contribution in [0.3, 0.4) is 0 Å². The zero-order valence-corrected chi connectivity index (χ0v) is 7.86. The summed E-state index contributed by atoms with van der Waals surface area (Å²) < 4.78 is 0. The van der Waals surface area contributed by atoms with Gasteiger partial charge in [0, 0.05) is 32.0 Å². The third-order valence-electron chi connectivity index (χ3n) is 2.46. The lowest BCUT2D eigenvalue weighted by atomic mass is 10.0. The molecule has 74 valence electrons. The minimum absolute atomic E-state index is 0.0646. The van der Waals surface area contributed by atoms with Crippen LogP contribution in [0.4, 0.5) is 0 Å². The molecule has 0 aliphatic carbocycles. The van der Waals surface area contributed by atoms with Crippen LogP contribution < -0.4 is 5.56 Å². The molecule has 0 aromatic carbocycles. The van der Waals surface area contributed by atoms with Gasteiger partial charge in [0.05, 0.1) is 12.0 Å². The smallest absolute Gasteiger partial charge is 0.250 e. The van der Waals surface area contributed by atoms with Crippen LogP contribution in [0.15, 0.2) is 17.2 Å². The lowest BCUT2D eigenvalue weighted by Gasteiger charge is -2.08. The normalized spacial score (nSPS) is 21.6. The molecule has 0 unspecified atom stereocenters. The topological polar surface area (TPSA) is 66.1 Å². The Morgan fingerprint density at radius 2 is 2.36 bits per heavy atom. The standard InChI is InChI=1S/C9H11N3O2/c1-12-4-6(2-9(12)14)7-3-8(13)11-5-10-7/h3,5-6H,2,4H2,1H3,(H,10,11,13)/t6-/m0/s1. The molecule has 1 fully saturated rings. The fraction of sp³-hybridized carbons (Fsp3) is 0.444. The summed E-state index contributed by atoms with van der Waals surface area (Å²) in [6.45, 7) is 0.648. The first-order valence-corrected chi connectivity index (χ1v) is 4.45. The summed E-state index contributed by atoms with van der Waals surface area (Å²) in [5.74, 6) is 0.173. The third kappa shape index (κ3) is 1.53. The molecular formula is C9H11N3O2. The van der Waals surface area contributed by atoms with E-state index in [2.05, 4.69) is 9.97 Å². The third-order valence-corrected chi connectivity index (χ3v) is 2.46. The molecule has 1 aliphatic heterocycles. The molecule has 0 radical (unpaired) electrons. The van der Waals surface area contributed by atoms with E-state index in [0.717, 1.165) is 0 Å². The number of aromatic amines is 1. The lowest BCUT2D eigenvalue weighted by molar-refractivity contribution is -0.126. The molecule has 1 aromatic rings. The number of amides is 1. The SMILES string of the molecule is CN1C[C@@H](c2cc(=O)[nH]cn2)CC1=O. The van der Waals surface area contributed by atoms with Crippen LogP contribution in [-0.2, 0) is 4.79 Å². The molecule has 14 heavy (non-hydrogen) atoms. The van der Waals surface area contributed by atoms with Crippen molar-refractivity contribution in [3.05, 3.63) is 28.4 Å². The number of aromatic nitrogens is 2. The molecule has 1 aliphatic rings. The first kappa shape index (κ1) is 8.93. The van der Waals surface area contributed by atoms with Crippen LogP contribution in [0.5, 0.6) is 0 Å². The van der Waals surface area contributed by atoms with Crippen molar-refractivity contribution in [2.24, 2.45) is 0 Å². The fourth-order valence-corrected chi connectivity index (χ4v) is 1.67. The molecule has 0 bridgehead atoms. The Morgan fingerprint density at radius 1 is 1.57 bits per heavy atom. The van der Waals surface area contributed by atoms with Crippen molar-refractivity contribution in [3.8, 4) is 0 Å². The highest BCUT2D eigenvalue weighted by atomic mass is 16.2. The molecule has 0 saturated carbocycles. The Morgan fingerprint density at radius 3 is 2.93 bits per heavy atom. The van der Waals surface area contributed by atoms with E-state index in [1.807, 2.05) is 0 Å². The maximum atomic E-state index is 11.3. The maximum Gasteiger partial charge on any atom is 0.250 e. The number of nitrogens with zero attached hydrogens (tertiary/aromatic N) is 2. The summed E-state index contributed by atoms with van der Waals surface area (Å²) in [5.41, 5.74) is 0.531. The van der Waals surface area contributed by atoms with Crippen molar-refractivity contribution in [2.75, 3.05) is 13.6 Å². The van der Waals surface area contributed by atoms with E-state index in [9.17, 15) is 9.59 Å². The molecule has 1 amide bonds. The van der Waals surface area contributed by atoms with Gasteiger partial charge in [-0.15, -0.1) is 0 Å². The second-order valence-electron chi connectivity index (χ2n) is 3.51. The number of hydrogen-bond acceptors (Lipinski definition) is 3. The number of likely N-dealkylation sites (N-methyl/N-ethyl adjacent to an activating group) is 1. The highest BCUT2D eigenvalue weighted by molar-refractivity contribution is 5.79. The van der Waals surface area contributed by atoms with Gasteiger partial charge in [-0.2, -0.15) is 0 Å². The first-order chi connectivity index (χ1) is 6.66. The van der Waals surface area contributed by atoms with Crippen LogP contribution >= 0.6 is 0 Å². The number of rotatable bonds is 1. The summed E-state index contributed by atoms with van der Waals surface area (Å²) in [6.07, 6.45) is 1.83. The van der Waals surface area contributed by atoms with Gasteiger partial charge in [0.25, 0.3) is 5.56 Å². The van der Waals surface area contributed by atoms with E-state index in [1.165, 1.54) is 12.4 Å². The predicted molar refractivity (Wildman–Crippen MR) is 49.9 cm³/mol. The molecule has 0 spiro atoms. The number of nitrogens with one attached hydrogen (secondary N) is 1.